The standard InChI is InChI=1S/C14H22O3/c1-10-11(7-8-15)5-6-12(10)9-13(16)17-14(2,3)4/h8,11-12H,1,5-7,9H2,2-4H3/t11?,12-/m0/s1. The van der Waals surface area contributed by atoms with Crippen LogP contribution in [0.25, 0.3) is 0 Å². The van der Waals surface area contributed by atoms with Crippen LogP contribution in [0.5, 0.6) is 0 Å². The smallest absolute Gasteiger partial charge is 0.306 e. The van der Waals surface area contributed by atoms with Crippen molar-refractivity contribution < 1.29 is 14.3 Å². The van der Waals surface area contributed by atoms with Crippen molar-refractivity contribution in [3.63, 3.8) is 0 Å². The molecule has 0 radical (unpaired) electrons. The third kappa shape index (κ3) is 4.33. The highest BCUT2D eigenvalue weighted by molar-refractivity contribution is 5.70. The van der Waals surface area contributed by atoms with Gasteiger partial charge in [-0.15, -0.1) is 0 Å². The monoisotopic (exact) mass is 238 g/mol. The molecule has 1 aliphatic carbocycles. The fourth-order valence-corrected chi connectivity index (χ4v) is 2.31. The summed E-state index contributed by atoms with van der Waals surface area (Å²) in [6, 6.07) is 0. The van der Waals surface area contributed by atoms with E-state index in [1.165, 1.54) is 0 Å². The van der Waals surface area contributed by atoms with Crippen LogP contribution in [0.4, 0.5) is 0 Å². The number of carbonyl (C=O) groups is 2. The first-order valence-electron chi connectivity index (χ1n) is 6.17. The fourth-order valence-electron chi connectivity index (χ4n) is 2.31. The van der Waals surface area contributed by atoms with Crippen LogP contribution in [0, 0.1) is 11.8 Å². The minimum absolute atomic E-state index is 0.171. The Balaban J connectivity index is 2.46. The van der Waals surface area contributed by atoms with Crippen molar-refractivity contribution >= 4 is 12.3 Å². The average Bonchev–Trinajstić information content (AvgIpc) is 2.47. The maximum absolute atomic E-state index is 11.7. The number of hydrogen-bond acceptors (Lipinski definition) is 3. The lowest BCUT2D eigenvalue weighted by molar-refractivity contribution is -0.155. The molecule has 0 saturated heterocycles. The van der Waals surface area contributed by atoms with Crippen LogP contribution < -0.4 is 0 Å². The van der Waals surface area contributed by atoms with Gasteiger partial charge in [0.05, 0.1) is 6.42 Å². The highest BCUT2D eigenvalue weighted by atomic mass is 16.6. The molecule has 1 fully saturated rings. The molecule has 1 saturated carbocycles. The summed E-state index contributed by atoms with van der Waals surface area (Å²) >= 11 is 0. The van der Waals surface area contributed by atoms with Gasteiger partial charge in [0.15, 0.2) is 0 Å². The van der Waals surface area contributed by atoms with Crippen LogP contribution in [0.3, 0.4) is 0 Å². The maximum Gasteiger partial charge on any atom is 0.306 e. The Morgan fingerprint density at radius 3 is 2.53 bits per heavy atom. The summed E-state index contributed by atoms with van der Waals surface area (Å²) in [5, 5.41) is 0. The minimum Gasteiger partial charge on any atom is -0.460 e. The highest BCUT2D eigenvalue weighted by Crippen LogP contribution is 2.39. The zero-order valence-corrected chi connectivity index (χ0v) is 11.0. The largest absolute Gasteiger partial charge is 0.460 e. The molecule has 0 aromatic heterocycles. The van der Waals surface area contributed by atoms with E-state index in [1.807, 2.05) is 20.8 Å². The molecule has 96 valence electrons. The molecule has 1 unspecified atom stereocenters. The third-order valence-electron chi connectivity index (χ3n) is 3.13. The summed E-state index contributed by atoms with van der Waals surface area (Å²) in [7, 11) is 0. The second-order valence-electron chi connectivity index (χ2n) is 5.74. The molecule has 0 aromatic carbocycles. The first kappa shape index (κ1) is 13.9. The van der Waals surface area contributed by atoms with E-state index < -0.39 is 5.60 Å². The van der Waals surface area contributed by atoms with Gasteiger partial charge in [0.25, 0.3) is 0 Å². The van der Waals surface area contributed by atoms with Gasteiger partial charge in [-0.25, -0.2) is 0 Å². The molecule has 0 N–H and O–H groups in total. The first-order valence-corrected chi connectivity index (χ1v) is 6.17. The number of carbonyl (C=O) groups excluding carboxylic acids is 2. The summed E-state index contributed by atoms with van der Waals surface area (Å²) in [5.74, 6) is 0.283. The topological polar surface area (TPSA) is 43.4 Å². The van der Waals surface area contributed by atoms with E-state index in [1.54, 1.807) is 0 Å². The van der Waals surface area contributed by atoms with Gasteiger partial charge in [-0.3, -0.25) is 4.79 Å². The molecule has 17 heavy (non-hydrogen) atoms. The van der Waals surface area contributed by atoms with Crippen LogP contribution in [-0.4, -0.2) is 17.9 Å². The van der Waals surface area contributed by atoms with Gasteiger partial charge >= 0.3 is 5.97 Å². The normalized spacial score (nSPS) is 24.8. The van der Waals surface area contributed by atoms with Crippen LogP contribution in [0.2, 0.25) is 0 Å². The molecule has 3 nitrogen and oxygen atoms in total. The summed E-state index contributed by atoms with van der Waals surface area (Å²) in [6.07, 6.45) is 3.77. The van der Waals surface area contributed by atoms with E-state index in [0.717, 1.165) is 24.7 Å². The first-order chi connectivity index (χ1) is 7.83. The number of esters is 1. The predicted molar refractivity (Wildman–Crippen MR) is 66.5 cm³/mol. The van der Waals surface area contributed by atoms with Gasteiger partial charge in [0.1, 0.15) is 11.9 Å². The van der Waals surface area contributed by atoms with Crippen LogP contribution in [0.15, 0.2) is 12.2 Å². The van der Waals surface area contributed by atoms with Crippen molar-refractivity contribution in [2.75, 3.05) is 0 Å². The van der Waals surface area contributed by atoms with Crippen LogP contribution >= 0.6 is 0 Å². The molecule has 1 aliphatic rings. The molecule has 0 bridgehead atoms. The van der Waals surface area contributed by atoms with E-state index in [0.29, 0.717) is 12.8 Å². The van der Waals surface area contributed by atoms with E-state index in [2.05, 4.69) is 6.58 Å². The highest BCUT2D eigenvalue weighted by Gasteiger charge is 2.31. The van der Waals surface area contributed by atoms with E-state index in [9.17, 15) is 9.59 Å². The van der Waals surface area contributed by atoms with E-state index in [4.69, 9.17) is 4.74 Å². The van der Waals surface area contributed by atoms with Crippen molar-refractivity contribution in [2.24, 2.45) is 11.8 Å². The van der Waals surface area contributed by atoms with Gasteiger partial charge < -0.3 is 9.53 Å². The molecule has 2 atom stereocenters. The van der Waals surface area contributed by atoms with Gasteiger partial charge in [-0.2, -0.15) is 0 Å². The van der Waals surface area contributed by atoms with E-state index >= 15 is 0 Å². The second-order valence-corrected chi connectivity index (χ2v) is 5.74. The molecule has 0 aromatic rings. The van der Waals surface area contributed by atoms with Crippen LogP contribution in [0.1, 0.15) is 46.5 Å². The number of allylic oxidation sites excluding steroid dienone is 1. The van der Waals surface area contributed by atoms with Crippen LogP contribution in [-0.2, 0) is 14.3 Å². The molecule has 0 heterocycles. The van der Waals surface area contributed by atoms with Gasteiger partial charge in [-0.05, 0) is 45.4 Å². The lowest BCUT2D eigenvalue weighted by Gasteiger charge is -2.21. The van der Waals surface area contributed by atoms with Crippen molar-refractivity contribution in [3.8, 4) is 0 Å². The molecular weight excluding hydrogens is 216 g/mol. The Labute approximate surface area is 103 Å². The Bertz CT molecular complexity index is 312. The summed E-state index contributed by atoms with van der Waals surface area (Å²) in [4.78, 5) is 22.2. The zero-order chi connectivity index (χ0) is 13.1. The minimum atomic E-state index is -0.431. The summed E-state index contributed by atoms with van der Waals surface area (Å²) in [6.45, 7) is 9.61. The Hall–Kier alpha value is -1.12. The van der Waals surface area contributed by atoms with Crippen molar-refractivity contribution in [1.29, 1.82) is 0 Å². The van der Waals surface area contributed by atoms with Gasteiger partial charge in [0, 0.05) is 6.42 Å². The number of rotatable bonds is 4. The lowest BCUT2D eigenvalue weighted by Crippen LogP contribution is -2.25. The van der Waals surface area contributed by atoms with Crippen molar-refractivity contribution in [2.45, 2.75) is 52.1 Å². The van der Waals surface area contributed by atoms with E-state index in [-0.39, 0.29) is 17.8 Å². The Kier molecular flexibility index (Phi) is 4.49. The van der Waals surface area contributed by atoms with Crippen molar-refractivity contribution in [1.82, 2.24) is 0 Å². The molecule has 0 amide bonds. The molecule has 0 aliphatic heterocycles. The maximum atomic E-state index is 11.7. The summed E-state index contributed by atoms with van der Waals surface area (Å²) in [5.41, 5.74) is 0.613. The quantitative estimate of drug-likeness (QED) is 0.429. The number of ether oxygens (including phenoxy) is 1. The molecular formula is C14H22O3. The van der Waals surface area contributed by atoms with Gasteiger partial charge in [0.2, 0.25) is 0 Å². The number of aldehydes is 1. The predicted octanol–water partition coefficient (Wildman–Crippen LogP) is 2.89. The second kappa shape index (κ2) is 5.48. The third-order valence-corrected chi connectivity index (χ3v) is 3.13. The lowest BCUT2D eigenvalue weighted by atomic mass is 9.94. The van der Waals surface area contributed by atoms with Gasteiger partial charge in [-0.1, -0.05) is 12.2 Å². The fraction of sp³-hybridized carbons (Fsp3) is 0.714. The Morgan fingerprint density at radius 1 is 1.41 bits per heavy atom. The zero-order valence-electron chi connectivity index (χ0n) is 11.0. The molecule has 0 spiro atoms. The van der Waals surface area contributed by atoms with Crippen molar-refractivity contribution in [3.05, 3.63) is 12.2 Å². The average molecular weight is 238 g/mol. The molecule has 3 heteroatoms. The SMILES string of the molecule is C=C1C(CC=O)CC[C@H]1CC(=O)OC(C)(C)C. The Morgan fingerprint density at radius 2 is 2.00 bits per heavy atom. The number of hydrogen-bond donors (Lipinski definition) is 0. The molecule has 1 rings (SSSR count). The summed E-state index contributed by atoms with van der Waals surface area (Å²) < 4.78 is 5.29.